The summed E-state index contributed by atoms with van der Waals surface area (Å²) in [6.07, 6.45) is 9.91. The normalized spacial score (nSPS) is 15.7. The number of hydrogen-bond donors (Lipinski definition) is 2. The van der Waals surface area contributed by atoms with Gasteiger partial charge in [-0.2, -0.15) is 11.3 Å². The zero-order valence-electron chi connectivity index (χ0n) is 13.1. The molecule has 4 heteroatoms. The minimum atomic E-state index is -0.107. The lowest BCUT2D eigenvalue weighted by molar-refractivity contribution is -0.111. The Morgan fingerprint density at radius 3 is 2.48 bits per heavy atom. The molecular weight excluding hydrogens is 304 g/mol. The van der Waals surface area contributed by atoms with Crippen LogP contribution in [0.5, 0.6) is 0 Å². The monoisotopic (exact) mass is 326 g/mol. The van der Waals surface area contributed by atoms with Crippen molar-refractivity contribution >= 4 is 34.7 Å². The number of hydrogen-bond acceptors (Lipinski definition) is 3. The van der Waals surface area contributed by atoms with Gasteiger partial charge in [-0.05, 0) is 65.6 Å². The van der Waals surface area contributed by atoms with Gasteiger partial charge in [0.25, 0.3) is 0 Å². The highest BCUT2D eigenvalue weighted by Crippen LogP contribution is 2.22. The van der Waals surface area contributed by atoms with E-state index in [0.717, 1.165) is 16.9 Å². The molecule has 0 spiro atoms. The second kappa shape index (κ2) is 7.97. The molecule has 2 N–H and O–H groups in total. The van der Waals surface area contributed by atoms with Crippen LogP contribution in [0.25, 0.3) is 6.08 Å². The van der Waals surface area contributed by atoms with Gasteiger partial charge in [0.05, 0.1) is 0 Å². The molecular formula is C19H22N2OS. The maximum atomic E-state index is 11.9. The predicted molar refractivity (Wildman–Crippen MR) is 98.9 cm³/mol. The Balaban J connectivity index is 1.51. The van der Waals surface area contributed by atoms with Crippen LogP contribution in [0.15, 0.2) is 47.2 Å². The summed E-state index contributed by atoms with van der Waals surface area (Å²) in [7, 11) is 0. The second-order valence-electron chi connectivity index (χ2n) is 5.94. The van der Waals surface area contributed by atoms with E-state index >= 15 is 0 Å². The standard InChI is InChI=1S/C19H22N2OS/c22-19(11-6-15-12-13-23-14-15)21-18-9-7-17(8-10-18)20-16-4-2-1-3-5-16/h6-14,16,20H,1-5H2,(H,21,22)/b11-6+. The van der Waals surface area contributed by atoms with Crippen molar-refractivity contribution in [2.75, 3.05) is 10.6 Å². The molecule has 1 aliphatic rings. The molecule has 1 heterocycles. The third-order valence-corrected chi connectivity index (χ3v) is 4.80. The zero-order chi connectivity index (χ0) is 15.9. The summed E-state index contributed by atoms with van der Waals surface area (Å²) >= 11 is 1.62. The molecule has 1 aromatic carbocycles. The van der Waals surface area contributed by atoms with Gasteiger partial charge >= 0.3 is 0 Å². The molecule has 2 aromatic rings. The van der Waals surface area contributed by atoms with Gasteiger partial charge in [-0.3, -0.25) is 4.79 Å². The third kappa shape index (κ3) is 4.96. The largest absolute Gasteiger partial charge is 0.382 e. The van der Waals surface area contributed by atoms with Gasteiger partial charge in [0.15, 0.2) is 0 Å². The van der Waals surface area contributed by atoms with Gasteiger partial charge in [-0.25, -0.2) is 0 Å². The summed E-state index contributed by atoms with van der Waals surface area (Å²) in [5, 5.41) is 10.5. The minimum Gasteiger partial charge on any atom is -0.382 e. The smallest absolute Gasteiger partial charge is 0.248 e. The highest BCUT2D eigenvalue weighted by atomic mass is 32.1. The van der Waals surface area contributed by atoms with Crippen molar-refractivity contribution < 1.29 is 4.79 Å². The van der Waals surface area contributed by atoms with Crippen LogP contribution in [0.2, 0.25) is 0 Å². The lowest BCUT2D eigenvalue weighted by Crippen LogP contribution is -2.22. The second-order valence-corrected chi connectivity index (χ2v) is 6.72. The fourth-order valence-electron chi connectivity index (χ4n) is 2.86. The Labute approximate surface area is 141 Å². The van der Waals surface area contributed by atoms with E-state index in [-0.39, 0.29) is 5.91 Å². The lowest BCUT2D eigenvalue weighted by Gasteiger charge is -2.23. The molecule has 0 aliphatic heterocycles. The van der Waals surface area contributed by atoms with Crippen LogP contribution in [0.3, 0.4) is 0 Å². The van der Waals surface area contributed by atoms with Gasteiger partial charge in [-0.15, -0.1) is 0 Å². The zero-order valence-corrected chi connectivity index (χ0v) is 13.9. The number of rotatable bonds is 5. The maximum Gasteiger partial charge on any atom is 0.248 e. The Bertz CT molecular complexity index is 641. The first-order valence-electron chi connectivity index (χ1n) is 8.17. The minimum absolute atomic E-state index is 0.107. The van der Waals surface area contributed by atoms with Crippen molar-refractivity contribution in [2.24, 2.45) is 0 Å². The molecule has 1 aliphatic carbocycles. The Hall–Kier alpha value is -2.07. The van der Waals surface area contributed by atoms with Crippen molar-refractivity contribution in [1.82, 2.24) is 0 Å². The van der Waals surface area contributed by atoms with Crippen molar-refractivity contribution in [3.63, 3.8) is 0 Å². The third-order valence-electron chi connectivity index (χ3n) is 4.10. The van der Waals surface area contributed by atoms with Gasteiger partial charge in [0, 0.05) is 23.5 Å². The molecule has 3 nitrogen and oxygen atoms in total. The summed E-state index contributed by atoms with van der Waals surface area (Å²) < 4.78 is 0. The molecule has 0 saturated heterocycles. The summed E-state index contributed by atoms with van der Waals surface area (Å²) in [5.74, 6) is -0.107. The van der Waals surface area contributed by atoms with E-state index < -0.39 is 0 Å². The van der Waals surface area contributed by atoms with Gasteiger partial charge in [0.2, 0.25) is 5.91 Å². The van der Waals surface area contributed by atoms with Crippen LogP contribution in [-0.2, 0) is 4.79 Å². The molecule has 1 amide bonds. The van der Waals surface area contributed by atoms with Crippen LogP contribution in [0.1, 0.15) is 37.7 Å². The summed E-state index contributed by atoms with van der Waals surface area (Å²) in [6.45, 7) is 0. The molecule has 0 bridgehead atoms. The Morgan fingerprint density at radius 1 is 1.04 bits per heavy atom. The molecule has 120 valence electrons. The summed E-state index contributed by atoms with van der Waals surface area (Å²) in [6, 6.07) is 10.5. The summed E-state index contributed by atoms with van der Waals surface area (Å²) in [4.78, 5) is 11.9. The molecule has 1 aromatic heterocycles. The number of benzene rings is 1. The molecule has 0 radical (unpaired) electrons. The Morgan fingerprint density at radius 2 is 1.78 bits per heavy atom. The van der Waals surface area contributed by atoms with Gasteiger partial charge in [0.1, 0.15) is 0 Å². The number of nitrogens with one attached hydrogen (secondary N) is 2. The first kappa shape index (κ1) is 15.8. The highest BCUT2D eigenvalue weighted by Gasteiger charge is 2.12. The van der Waals surface area contributed by atoms with Crippen molar-refractivity contribution in [3.8, 4) is 0 Å². The van der Waals surface area contributed by atoms with Crippen molar-refractivity contribution in [3.05, 3.63) is 52.7 Å². The van der Waals surface area contributed by atoms with E-state index in [0.29, 0.717) is 6.04 Å². The van der Waals surface area contributed by atoms with Gasteiger partial charge in [-0.1, -0.05) is 19.3 Å². The number of carbonyl (C=O) groups is 1. The Kier molecular flexibility index (Phi) is 5.48. The van der Waals surface area contributed by atoms with Crippen LogP contribution < -0.4 is 10.6 Å². The average molecular weight is 326 g/mol. The van der Waals surface area contributed by atoms with Crippen molar-refractivity contribution in [1.29, 1.82) is 0 Å². The highest BCUT2D eigenvalue weighted by molar-refractivity contribution is 7.08. The van der Waals surface area contributed by atoms with Gasteiger partial charge < -0.3 is 10.6 Å². The molecule has 23 heavy (non-hydrogen) atoms. The van der Waals surface area contributed by atoms with Crippen LogP contribution in [0.4, 0.5) is 11.4 Å². The first-order chi connectivity index (χ1) is 11.3. The predicted octanol–water partition coefficient (Wildman–Crippen LogP) is 5.14. The fraction of sp³-hybridized carbons (Fsp3) is 0.316. The van der Waals surface area contributed by atoms with E-state index in [1.54, 1.807) is 17.4 Å². The maximum absolute atomic E-state index is 11.9. The van der Waals surface area contributed by atoms with Crippen LogP contribution >= 0.6 is 11.3 Å². The summed E-state index contributed by atoms with van der Waals surface area (Å²) in [5.41, 5.74) is 3.00. The molecule has 0 atom stereocenters. The topological polar surface area (TPSA) is 41.1 Å². The van der Waals surface area contributed by atoms with Crippen LogP contribution in [-0.4, -0.2) is 11.9 Å². The van der Waals surface area contributed by atoms with E-state index in [2.05, 4.69) is 10.6 Å². The molecule has 0 unspecified atom stereocenters. The van der Waals surface area contributed by atoms with E-state index in [4.69, 9.17) is 0 Å². The molecule has 1 saturated carbocycles. The lowest BCUT2D eigenvalue weighted by atomic mass is 9.95. The van der Waals surface area contributed by atoms with E-state index in [1.165, 1.54) is 32.1 Å². The SMILES string of the molecule is O=C(/C=C/c1ccsc1)Nc1ccc(NC2CCCCC2)cc1. The van der Waals surface area contributed by atoms with E-state index in [1.807, 2.05) is 47.2 Å². The molecule has 3 rings (SSSR count). The average Bonchev–Trinajstić information content (AvgIpc) is 3.09. The number of carbonyl (C=O) groups excluding carboxylic acids is 1. The van der Waals surface area contributed by atoms with E-state index in [9.17, 15) is 4.79 Å². The van der Waals surface area contributed by atoms with Crippen molar-refractivity contribution in [2.45, 2.75) is 38.1 Å². The number of amides is 1. The first-order valence-corrected chi connectivity index (χ1v) is 9.12. The van der Waals surface area contributed by atoms with Crippen LogP contribution in [0, 0.1) is 0 Å². The quantitative estimate of drug-likeness (QED) is 0.747. The number of thiophene rings is 1. The number of anilines is 2. The molecule has 1 fully saturated rings. The fourth-order valence-corrected chi connectivity index (χ4v) is 3.49.